The fraction of sp³-hybridized carbons (Fsp3) is 0.714. The Labute approximate surface area is 71.0 Å². The maximum atomic E-state index is 10.7. The normalized spacial score (nSPS) is 14.9. The molecule has 0 aromatic rings. The third kappa shape index (κ3) is 3.34. The minimum Gasteiger partial charge on any atom is -0.463 e. The Morgan fingerprint density at radius 1 is 1.50 bits per heavy atom. The number of amides is 1. The Kier molecular flexibility index (Phi) is 3.69. The molecule has 0 aromatic carbocycles. The molecule has 0 heterocycles. The van der Waals surface area contributed by atoms with Gasteiger partial charge in [-0.1, -0.05) is 6.92 Å². The van der Waals surface area contributed by atoms with Crippen molar-refractivity contribution in [2.24, 2.45) is 11.5 Å². The van der Waals surface area contributed by atoms with E-state index in [9.17, 15) is 9.59 Å². The summed E-state index contributed by atoms with van der Waals surface area (Å²) < 4.78 is 4.65. The third-order valence-corrected chi connectivity index (χ3v) is 1.38. The van der Waals surface area contributed by atoms with Gasteiger partial charge < -0.3 is 16.2 Å². The standard InChI is InChI=1S/C7H14N2O3/c1-3-5(10)12-4-7(2,9)6(8)11/h3-4,9H2,1-2H3,(H2,8,11)/t7-/m0/s1. The van der Waals surface area contributed by atoms with E-state index in [0.29, 0.717) is 0 Å². The molecule has 0 rings (SSSR count). The van der Waals surface area contributed by atoms with Crippen molar-refractivity contribution in [3.8, 4) is 0 Å². The summed E-state index contributed by atoms with van der Waals surface area (Å²) in [6, 6.07) is 0. The van der Waals surface area contributed by atoms with Crippen LogP contribution >= 0.6 is 0 Å². The minimum absolute atomic E-state index is 0.172. The SMILES string of the molecule is CCC(=O)OC[C@](C)(N)C(N)=O. The first-order valence-corrected chi connectivity index (χ1v) is 3.64. The van der Waals surface area contributed by atoms with Crippen LogP contribution in [-0.2, 0) is 14.3 Å². The van der Waals surface area contributed by atoms with Crippen LogP contribution in [0.4, 0.5) is 0 Å². The number of primary amides is 1. The number of ether oxygens (including phenoxy) is 1. The number of hydrogen-bond donors (Lipinski definition) is 2. The van der Waals surface area contributed by atoms with Crippen LogP contribution in [0, 0.1) is 0 Å². The molecule has 0 spiro atoms. The van der Waals surface area contributed by atoms with Crippen molar-refractivity contribution in [1.29, 1.82) is 0 Å². The van der Waals surface area contributed by atoms with Gasteiger partial charge in [-0.25, -0.2) is 0 Å². The Morgan fingerprint density at radius 2 is 2.00 bits per heavy atom. The van der Waals surface area contributed by atoms with Gasteiger partial charge in [-0.3, -0.25) is 9.59 Å². The van der Waals surface area contributed by atoms with Crippen molar-refractivity contribution in [3.05, 3.63) is 0 Å². The lowest BCUT2D eigenvalue weighted by molar-refractivity contribution is -0.146. The van der Waals surface area contributed by atoms with Gasteiger partial charge in [0.15, 0.2) is 0 Å². The second-order valence-corrected chi connectivity index (χ2v) is 2.80. The molecule has 70 valence electrons. The minimum atomic E-state index is -1.27. The predicted molar refractivity (Wildman–Crippen MR) is 43.0 cm³/mol. The van der Waals surface area contributed by atoms with Gasteiger partial charge >= 0.3 is 5.97 Å². The van der Waals surface area contributed by atoms with Crippen LogP contribution < -0.4 is 11.5 Å². The van der Waals surface area contributed by atoms with Gasteiger partial charge in [-0.05, 0) is 6.92 Å². The number of esters is 1. The largest absolute Gasteiger partial charge is 0.463 e. The molecule has 0 aliphatic heterocycles. The molecule has 0 aliphatic carbocycles. The summed E-state index contributed by atoms with van der Waals surface area (Å²) in [5.41, 5.74) is 9.08. The van der Waals surface area contributed by atoms with Gasteiger partial charge in [0.25, 0.3) is 0 Å². The van der Waals surface area contributed by atoms with Crippen LogP contribution in [0.25, 0.3) is 0 Å². The van der Waals surface area contributed by atoms with Crippen molar-refractivity contribution in [2.45, 2.75) is 25.8 Å². The van der Waals surface area contributed by atoms with Gasteiger partial charge in [0.05, 0.1) is 0 Å². The predicted octanol–water partition coefficient (Wildman–Crippen LogP) is -0.858. The molecule has 0 unspecified atom stereocenters. The van der Waals surface area contributed by atoms with Crippen LogP contribution in [0.2, 0.25) is 0 Å². The summed E-state index contributed by atoms with van der Waals surface area (Å²) in [5.74, 6) is -1.08. The first-order chi connectivity index (χ1) is 5.40. The molecule has 0 radical (unpaired) electrons. The topological polar surface area (TPSA) is 95.4 Å². The van der Waals surface area contributed by atoms with Gasteiger partial charge in [-0.2, -0.15) is 0 Å². The fourth-order valence-corrected chi connectivity index (χ4v) is 0.404. The summed E-state index contributed by atoms with van der Waals surface area (Å²) in [6.45, 7) is 2.90. The zero-order valence-corrected chi connectivity index (χ0v) is 7.29. The van der Waals surface area contributed by atoms with Crippen molar-refractivity contribution < 1.29 is 14.3 Å². The molecule has 1 atom stereocenters. The Balaban J connectivity index is 3.92. The zero-order valence-electron chi connectivity index (χ0n) is 7.29. The van der Waals surface area contributed by atoms with Crippen LogP contribution in [0.15, 0.2) is 0 Å². The van der Waals surface area contributed by atoms with E-state index in [1.54, 1.807) is 6.92 Å². The van der Waals surface area contributed by atoms with Crippen LogP contribution in [0.3, 0.4) is 0 Å². The molecule has 0 aromatic heterocycles. The molecular weight excluding hydrogens is 160 g/mol. The molecule has 4 N–H and O–H groups in total. The maximum absolute atomic E-state index is 10.7. The summed E-state index contributed by atoms with van der Waals surface area (Å²) in [4.78, 5) is 21.3. The van der Waals surface area contributed by atoms with Crippen molar-refractivity contribution >= 4 is 11.9 Å². The average molecular weight is 174 g/mol. The molecule has 0 saturated carbocycles. The molecule has 1 amide bonds. The van der Waals surface area contributed by atoms with E-state index in [1.807, 2.05) is 0 Å². The highest BCUT2D eigenvalue weighted by molar-refractivity contribution is 5.84. The van der Waals surface area contributed by atoms with Crippen molar-refractivity contribution in [3.63, 3.8) is 0 Å². The lowest BCUT2D eigenvalue weighted by Crippen LogP contribution is -2.53. The van der Waals surface area contributed by atoms with E-state index >= 15 is 0 Å². The molecule has 0 saturated heterocycles. The van der Waals surface area contributed by atoms with Crippen LogP contribution in [0.1, 0.15) is 20.3 Å². The van der Waals surface area contributed by atoms with Gasteiger partial charge in [-0.15, -0.1) is 0 Å². The number of nitrogens with two attached hydrogens (primary N) is 2. The second-order valence-electron chi connectivity index (χ2n) is 2.80. The number of carbonyl (C=O) groups excluding carboxylic acids is 2. The lowest BCUT2D eigenvalue weighted by atomic mass is 10.1. The highest BCUT2D eigenvalue weighted by atomic mass is 16.5. The maximum Gasteiger partial charge on any atom is 0.305 e. The Bertz CT molecular complexity index is 189. The molecular formula is C7H14N2O3. The lowest BCUT2D eigenvalue weighted by Gasteiger charge is -2.19. The number of carbonyl (C=O) groups is 2. The van der Waals surface area contributed by atoms with E-state index in [2.05, 4.69) is 4.74 Å². The Morgan fingerprint density at radius 3 is 2.33 bits per heavy atom. The molecule has 0 fully saturated rings. The first-order valence-electron chi connectivity index (χ1n) is 3.64. The average Bonchev–Trinajstić information content (AvgIpc) is 2.00. The Hall–Kier alpha value is -1.10. The zero-order chi connectivity index (χ0) is 9.78. The molecule has 0 bridgehead atoms. The van der Waals surface area contributed by atoms with Gasteiger partial charge in [0.2, 0.25) is 5.91 Å². The fourth-order valence-electron chi connectivity index (χ4n) is 0.404. The van der Waals surface area contributed by atoms with Gasteiger partial charge in [0, 0.05) is 6.42 Å². The van der Waals surface area contributed by atoms with Crippen molar-refractivity contribution in [1.82, 2.24) is 0 Å². The molecule has 12 heavy (non-hydrogen) atoms. The molecule has 0 aliphatic rings. The quantitative estimate of drug-likeness (QED) is 0.542. The van der Waals surface area contributed by atoms with E-state index in [-0.39, 0.29) is 13.0 Å². The summed E-state index contributed by atoms with van der Waals surface area (Å²) >= 11 is 0. The molecule has 5 heteroatoms. The van der Waals surface area contributed by atoms with E-state index in [4.69, 9.17) is 11.5 Å². The monoisotopic (exact) mass is 174 g/mol. The van der Waals surface area contributed by atoms with E-state index < -0.39 is 17.4 Å². The first kappa shape index (κ1) is 10.9. The van der Waals surface area contributed by atoms with E-state index in [1.165, 1.54) is 6.92 Å². The second kappa shape index (κ2) is 4.06. The van der Waals surface area contributed by atoms with Crippen LogP contribution in [0.5, 0.6) is 0 Å². The summed E-state index contributed by atoms with van der Waals surface area (Å²) in [7, 11) is 0. The van der Waals surface area contributed by atoms with Gasteiger partial charge in [0.1, 0.15) is 12.1 Å². The smallest absolute Gasteiger partial charge is 0.305 e. The van der Waals surface area contributed by atoms with Crippen LogP contribution in [-0.4, -0.2) is 24.0 Å². The highest BCUT2D eigenvalue weighted by Crippen LogP contribution is 1.99. The summed E-state index contributed by atoms with van der Waals surface area (Å²) in [5, 5.41) is 0. The third-order valence-electron chi connectivity index (χ3n) is 1.38. The molecule has 5 nitrogen and oxygen atoms in total. The number of hydrogen-bond acceptors (Lipinski definition) is 4. The highest BCUT2D eigenvalue weighted by Gasteiger charge is 2.27. The number of rotatable bonds is 4. The van der Waals surface area contributed by atoms with Crippen molar-refractivity contribution in [2.75, 3.05) is 6.61 Å². The van der Waals surface area contributed by atoms with E-state index in [0.717, 1.165) is 0 Å². The summed E-state index contributed by atoms with van der Waals surface area (Å²) in [6.07, 6.45) is 0.259.